The summed E-state index contributed by atoms with van der Waals surface area (Å²) < 4.78 is 0. The maximum Gasteiger partial charge on any atom is 0.156 e. The van der Waals surface area contributed by atoms with Crippen LogP contribution in [-0.4, -0.2) is 35.1 Å². The molecule has 1 heterocycles. The SMILES string of the molecule is N/C(=N/O)C1CCCCN1CCCCc1ccccc1. The first-order chi connectivity index (χ1) is 9.81. The van der Waals surface area contributed by atoms with Crippen molar-refractivity contribution >= 4 is 5.84 Å². The van der Waals surface area contributed by atoms with Gasteiger partial charge in [0.1, 0.15) is 0 Å². The van der Waals surface area contributed by atoms with Crippen LogP contribution < -0.4 is 5.73 Å². The molecule has 0 aromatic heterocycles. The molecule has 3 N–H and O–H groups in total. The van der Waals surface area contributed by atoms with E-state index < -0.39 is 0 Å². The standard InChI is InChI=1S/C16H25N3O/c17-16(18-20)15-11-5-7-13-19(15)12-6-4-10-14-8-2-1-3-9-14/h1-3,8-9,15,20H,4-7,10-13H2,(H2,17,18). The van der Waals surface area contributed by atoms with Crippen LogP contribution in [-0.2, 0) is 6.42 Å². The van der Waals surface area contributed by atoms with Gasteiger partial charge in [0.2, 0.25) is 0 Å². The van der Waals surface area contributed by atoms with Crippen molar-refractivity contribution in [1.82, 2.24) is 4.90 Å². The molecule has 1 aliphatic rings. The van der Waals surface area contributed by atoms with Gasteiger partial charge in [-0.3, -0.25) is 4.90 Å². The molecule has 0 amide bonds. The first-order valence-corrected chi connectivity index (χ1v) is 7.56. The fourth-order valence-electron chi connectivity index (χ4n) is 2.95. The van der Waals surface area contributed by atoms with Gasteiger partial charge in [-0.1, -0.05) is 41.9 Å². The van der Waals surface area contributed by atoms with Crippen LogP contribution in [0.1, 0.15) is 37.7 Å². The summed E-state index contributed by atoms with van der Waals surface area (Å²) in [4.78, 5) is 2.36. The van der Waals surface area contributed by atoms with Crippen molar-refractivity contribution in [3.63, 3.8) is 0 Å². The molecule has 1 fully saturated rings. The first kappa shape index (κ1) is 14.9. The third-order valence-corrected chi connectivity index (χ3v) is 4.07. The first-order valence-electron chi connectivity index (χ1n) is 7.56. The lowest BCUT2D eigenvalue weighted by molar-refractivity contribution is 0.183. The van der Waals surface area contributed by atoms with E-state index in [1.807, 2.05) is 0 Å². The van der Waals surface area contributed by atoms with Gasteiger partial charge in [0.15, 0.2) is 5.84 Å². The molecular formula is C16H25N3O. The van der Waals surface area contributed by atoms with Crippen molar-refractivity contribution in [3.8, 4) is 0 Å². The molecule has 0 saturated carbocycles. The van der Waals surface area contributed by atoms with Crippen molar-refractivity contribution in [3.05, 3.63) is 35.9 Å². The van der Waals surface area contributed by atoms with E-state index in [-0.39, 0.29) is 6.04 Å². The van der Waals surface area contributed by atoms with Gasteiger partial charge in [0.25, 0.3) is 0 Å². The van der Waals surface area contributed by atoms with E-state index in [2.05, 4.69) is 40.4 Å². The summed E-state index contributed by atoms with van der Waals surface area (Å²) in [5.74, 6) is 0.368. The fraction of sp³-hybridized carbons (Fsp3) is 0.562. The molecule has 1 saturated heterocycles. The summed E-state index contributed by atoms with van der Waals surface area (Å²) in [6, 6.07) is 10.7. The Balaban J connectivity index is 1.74. The molecule has 0 spiro atoms. The largest absolute Gasteiger partial charge is 0.409 e. The number of amidine groups is 1. The van der Waals surface area contributed by atoms with Crippen LogP contribution in [0.25, 0.3) is 0 Å². The van der Waals surface area contributed by atoms with Crippen molar-refractivity contribution in [2.24, 2.45) is 10.9 Å². The minimum atomic E-state index is 0.130. The average molecular weight is 275 g/mol. The third kappa shape index (κ3) is 4.23. The number of hydrogen-bond donors (Lipinski definition) is 2. The summed E-state index contributed by atoms with van der Waals surface area (Å²) in [7, 11) is 0. The number of piperidine rings is 1. The molecular weight excluding hydrogens is 250 g/mol. The zero-order chi connectivity index (χ0) is 14.2. The lowest BCUT2D eigenvalue weighted by Gasteiger charge is -2.34. The van der Waals surface area contributed by atoms with Crippen LogP contribution >= 0.6 is 0 Å². The number of likely N-dealkylation sites (tertiary alicyclic amines) is 1. The second kappa shape index (κ2) is 7.90. The highest BCUT2D eigenvalue weighted by atomic mass is 16.4. The molecule has 1 unspecified atom stereocenters. The van der Waals surface area contributed by atoms with Crippen LogP contribution in [0.4, 0.5) is 0 Å². The van der Waals surface area contributed by atoms with Gasteiger partial charge in [0.05, 0.1) is 6.04 Å². The zero-order valence-corrected chi connectivity index (χ0v) is 12.0. The van der Waals surface area contributed by atoms with Crippen LogP contribution in [0.3, 0.4) is 0 Å². The van der Waals surface area contributed by atoms with Gasteiger partial charge in [-0.05, 0) is 50.8 Å². The molecule has 1 aromatic rings. The Hall–Kier alpha value is -1.55. The summed E-state index contributed by atoms with van der Waals surface area (Å²) in [6.07, 6.45) is 6.86. The van der Waals surface area contributed by atoms with Crippen LogP contribution in [0, 0.1) is 0 Å². The Bertz CT molecular complexity index is 419. The van der Waals surface area contributed by atoms with E-state index >= 15 is 0 Å². The van der Waals surface area contributed by atoms with Crippen molar-refractivity contribution in [1.29, 1.82) is 0 Å². The smallest absolute Gasteiger partial charge is 0.156 e. The molecule has 0 bridgehead atoms. The number of oxime groups is 1. The summed E-state index contributed by atoms with van der Waals surface area (Å²) in [5, 5.41) is 12.1. The van der Waals surface area contributed by atoms with E-state index in [4.69, 9.17) is 10.9 Å². The van der Waals surface area contributed by atoms with Crippen molar-refractivity contribution < 1.29 is 5.21 Å². The van der Waals surface area contributed by atoms with Crippen LogP contribution in [0.5, 0.6) is 0 Å². The minimum absolute atomic E-state index is 0.130. The highest BCUT2D eigenvalue weighted by Crippen LogP contribution is 2.18. The Kier molecular flexibility index (Phi) is 5.87. The highest BCUT2D eigenvalue weighted by Gasteiger charge is 2.25. The van der Waals surface area contributed by atoms with E-state index in [0.717, 1.165) is 32.4 Å². The molecule has 4 nitrogen and oxygen atoms in total. The van der Waals surface area contributed by atoms with E-state index in [0.29, 0.717) is 5.84 Å². The predicted octanol–water partition coefficient (Wildman–Crippen LogP) is 2.61. The summed E-state index contributed by atoms with van der Waals surface area (Å²) in [5.41, 5.74) is 7.19. The Morgan fingerprint density at radius 1 is 1.25 bits per heavy atom. The molecule has 110 valence electrons. The van der Waals surface area contributed by atoms with Crippen LogP contribution in [0.2, 0.25) is 0 Å². The van der Waals surface area contributed by atoms with Gasteiger partial charge in [0, 0.05) is 0 Å². The molecule has 1 aromatic carbocycles. The monoisotopic (exact) mass is 275 g/mol. The quantitative estimate of drug-likeness (QED) is 0.276. The number of rotatable bonds is 6. The summed E-state index contributed by atoms with van der Waals surface area (Å²) >= 11 is 0. The maximum atomic E-state index is 8.86. The second-order valence-electron chi connectivity index (χ2n) is 5.52. The van der Waals surface area contributed by atoms with Crippen molar-refractivity contribution in [2.45, 2.75) is 44.6 Å². The number of aryl methyl sites for hydroxylation is 1. The Morgan fingerprint density at radius 2 is 2.05 bits per heavy atom. The van der Waals surface area contributed by atoms with Gasteiger partial charge < -0.3 is 10.9 Å². The van der Waals surface area contributed by atoms with Crippen molar-refractivity contribution in [2.75, 3.05) is 13.1 Å². The number of nitrogens with two attached hydrogens (primary N) is 1. The number of nitrogens with zero attached hydrogens (tertiary/aromatic N) is 2. The third-order valence-electron chi connectivity index (χ3n) is 4.07. The minimum Gasteiger partial charge on any atom is -0.409 e. The molecule has 2 rings (SSSR count). The normalized spacial score (nSPS) is 21.0. The predicted molar refractivity (Wildman–Crippen MR) is 82.0 cm³/mol. The maximum absolute atomic E-state index is 8.86. The van der Waals surface area contributed by atoms with E-state index in [1.54, 1.807) is 0 Å². The highest BCUT2D eigenvalue weighted by molar-refractivity contribution is 5.85. The van der Waals surface area contributed by atoms with Gasteiger partial charge >= 0.3 is 0 Å². The zero-order valence-electron chi connectivity index (χ0n) is 12.0. The lowest BCUT2D eigenvalue weighted by Crippen LogP contribution is -2.48. The molecule has 20 heavy (non-hydrogen) atoms. The second-order valence-corrected chi connectivity index (χ2v) is 5.52. The molecule has 1 atom stereocenters. The number of hydrogen-bond acceptors (Lipinski definition) is 3. The van der Waals surface area contributed by atoms with Crippen LogP contribution in [0.15, 0.2) is 35.5 Å². The number of unbranched alkanes of at least 4 members (excludes halogenated alkanes) is 1. The van der Waals surface area contributed by atoms with Gasteiger partial charge in [-0.2, -0.15) is 0 Å². The molecule has 0 aliphatic carbocycles. The van der Waals surface area contributed by atoms with E-state index in [9.17, 15) is 0 Å². The molecule has 0 radical (unpaired) electrons. The van der Waals surface area contributed by atoms with Gasteiger partial charge in [-0.25, -0.2) is 0 Å². The lowest BCUT2D eigenvalue weighted by atomic mass is 10.0. The Labute approximate surface area is 121 Å². The fourth-order valence-corrected chi connectivity index (χ4v) is 2.95. The number of benzene rings is 1. The molecule has 1 aliphatic heterocycles. The van der Waals surface area contributed by atoms with Gasteiger partial charge in [-0.15, -0.1) is 0 Å². The topological polar surface area (TPSA) is 61.9 Å². The summed E-state index contributed by atoms with van der Waals surface area (Å²) in [6.45, 7) is 2.10. The average Bonchev–Trinajstić information content (AvgIpc) is 2.52. The molecule has 4 heteroatoms. The van der Waals surface area contributed by atoms with E-state index in [1.165, 1.54) is 24.8 Å². The Morgan fingerprint density at radius 3 is 2.80 bits per heavy atom.